The highest BCUT2D eigenvalue weighted by molar-refractivity contribution is 5.41. The number of hydrogen-bond donors (Lipinski definition) is 0. The quantitative estimate of drug-likeness (QED) is 0.837. The van der Waals surface area contributed by atoms with Gasteiger partial charge in [-0.05, 0) is 25.7 Å². The van der Waals surface area contributed by atoms with Crippen molar-refractivity contribution in [3.63, 3.8) is 0 Å². The topological polar surface area (TPSA) is 38.2 Å². The Labute approximate surface area is 116 Å². The fraction of sp³-hybridized carbons (Fsp3) is 0.733. The van der Waals surface area contributed by atoms with Crippen molar-refractivity contribution >= 4 is 5.82 Å². The fourth-order valence-electron chi connectivity index (χ4n) is 2.64. The molecule has 1 saturated heterocycles. The number of morpholine rings is 1. The first-order valence-electron chi connectivity index (χ1n) is 7.29. The number of anilines is 1. The second kappa shape index (κ2) is 6.33. The van der Waals surface area contributed by atoms with Crippen molar-refractivity contribution in [3.05, 3.63) is 17.6 Å². The molecule has 1 aromatic heterocycles. The molecular formula is C15H25N3O. The van der Waals surface area contributed by atoms with Gasteiger partial charge in [0.25, 0.3) is 0 Å². The van der Waals surface area contributed by atoms with E-state index in [9.17, 15) is 0 Å². The predicted octanol–water partition coefficient (Wildman–Crippen LogP) is 2.60. The van der Waals surface area contributed by atoms with Crippen LogP contribution in [0.4, 0.5) is 5.82 Å². The van der Waals surface area contributed by atoms with Crippen molar-refractivity contribution in [2.24, 2.45) is 5.92 Å². The van der Waals surface area contributed by atoms with Gasteiger partial charge in [0.2, 0.25) is 0 Å². The zero-order chi connectivity index (χ0) is 13.8. The average molecular weight is 263 g/mol. The van der Waals surface area contributed by atoms with Gasteiger partial charge < -0.3 is 9.64 Å². The second-order valence-electron chi connectivity index (χ2n) is 5.67. The average Bonchev–Trinajstić information content (AvgIpc) is 2.38. The summed E-state index contributed by atoms with van der Waals surface area (Å²) < 4.78 is 5.64. The molecule has 106 valence electrons. The maximum Gasteiger partial charge on any atom is 0.132 e. The summed E-state index contributed by atoms with van der Waals surface area (Å²) in [5.74, 6) is 2.60. The highest BCUT2D eigenvalue weighted by Gasteiger charge is 2.25. The van der Waals surface area contributed by atoms with Gasteiger partial charge in [-0.25, -0.2) is 9.97 Å². The van der Waals surface area contributed by atoms with Gasteiger partial charge in [-0.2, -0.15) is 0 Å². The van der Waals surface area contributed by atoms with Crippen LogP contribution in [0.2, 0.25) is 0 Å². The van der Waals surface area contributed by atoms with Gasteiger partial charge >= 0.3 is 0 Å². The molecule has 0 bridgehead atoms. The van der Waals surface area contributed by atoms with Crippen molar-refractivity contribution in [1.29, 1.82) is 0 Å². The Morgan fingerprint density at radius 2 is 2.21 bits per heavy atom. The van der Waals surface area contributed by atoms with Crippen molar-refractivity contribution < 1.29 is 4.74 Å². The van der Waals surface area contributed by atoms with Gasteiger partial charge in [-0.1, -0.05) is 20.8 Å². The summed E-state index contributed by atoms with van der Waals surface area (Å²) in [5, 5.41) is 0. The SMILES string of the molecule is CCc1cc(N2CCOCC2CC(C)C)nc(C)n1. The van der Waals surface area contributed by atoms with Gasteiger partial charge in [0.15, 0.2) is 0 Å². The standard InChI is InChI=1S/C15H25N3O/c1-5-13-9-15(17-12(4)16-13)18-6-7-19-10-14(18)8-11(2)3/h9,11,14H,5-8,10H2,1-4H3. The van der Waals surface area contributed by atoms with Crippen LogP contribution in [-0.2, 0) is 11.2 Å². The third-order valence-corrected chi connectivity index (χ3v) is 3.50. The summed E-state index contributed by atoms with van der Waals surface area (Å²) in [6.07, 6.45) is 2.10. The summed E-state index contributed by atoms with van der Waals surface area (Å²) in [5.41, 5.74) is 1.12. The molecule has 0 saturated carbocycles. The molecule has 1 fully saturated rings. The van der Waals surface area contributed by atoms with Gasteiger partial charge in [0.05, 0.1) is 19.3 Å². The van der Waals surface area contributed by atoms with Crippen molar-refractivity contribution in [2.45, 2.75) is 46.6 Å². The zero-order valence-corrected chi connectivity index (χ0v) is 12.5. The number of aromatic nitrogens is 2. The van der Waals surface area contributed by atoms with E-state index in [-0.39, 0.29) is 0 Å². The van der Waals surface area contributed by atoms with Gasteiger partial charge in [0.1, 0.15) is 11.6 Å². The predicted molar refractivity (Wildman–Crippen MR) is 77.6 cm³/mol. The molecule has 4 heteroatoms. The van der Waals surface area contributed by atoms with Crippen molar-refractivity contribution in [1.82, 2.24) is 9.97 Å². The van der Waals surface area contributed by atoms with Gasteiger partial charge in [-0.15, -0.1) is 0 Å². The van der Waals surface area contributed by atoms with E-state index in [1.165, 1.54) is 0 Å². The molecular weight excluding hydrogens is 238 g/mol. The number of rotatable bonds is 4. The Bertz CT molecular complexity index is 420. The van der Waals surface area contributed by atoms with Crippen LogP contribution in [0.15, 0.2) is 6.07 Å². The molecule has 19 heavy (non-hydrogen) atoms. The lowest BCUT2D eigenvalue weighted by molar-refractivity contribution is 0.0873. The molecule has 0 spiro atoms. The van der Waals surface area contributed by atoms with Crippen molar-refractivity contribution in [3.8, 4) is 0 Å². The first kappa shape index (κ1) is 14.3. The number of ether oxygens (including phenoxy) is 1. The molecule has 0 aromatic carbocycles. The molecule has 1 atom stereocenters. The van der Waals surface area contributed by atoms with Crippen LogP contribution in [0.1, 0.15) is 38.7 Å². The molecule has 0 amide bonds. The molecule has 0 aliphatic carbocycles. The molecule has 1 aliphatic rings. The minimum Gasteiger partial charge on any atom is -0.377 e. The summed E-state index contributed by atoms with van der Waals surface area (Å²) in [4.78, 5) is 11.5. The molecule has 0 N–H and O–H groups in total. The van der Waals surface area contributed by atoms with Crippen LogP contribution >= 0.6 is 0 Å². The monoisotopic (exact) mass is 263 g/mol. The number of aryl methyl sites for hydroxylation is 2. The van der Waals surface area contributed by atoms with E-state index in [0.29, 0.717) is 12.0 Å². The Balaban J connectivity index is 2.23. The molecule has 1 aliphatic heterocycles. The molecule has 1 unspecified atom stereocenters. The van der Waals surface area contributed by atoms with E-state index in [4.69, 9.17) is 4.74 Å². The highest BCUT2D eigenvalue weighted by atomic mass is 16.5. The summed E-state index contributed by atoms with van der Waals surface area (Å²) in [6.45, 7) is 11.2. The summed E-state index contributed by atoms with van der Waals surface area (Å²) in [6, 6.07) is 2.57. The molecule has 2 rings (SSSR count). The first-order chi connectivity index (χ1) is 9.10. The van der Waals surface area contributed by atoms with Gasteiger partial charge in [0, 0.05) is 18.3 Å². The summed E-state index contributed by atoms with van der Waals surface area (Å²) >= 11 is 0. The molecule has 1 aromatic rings. The van der Waals surface area contributed by atoms with Crippen molar-refractivity contribution in [2.75, 3.05) is 24.7 Å². The van der Waals surface area contributed by atoms with Crippen LogP contribution in [0.3, 0.4) is 0 Å². The van der Waals surface area contributed by atoms with Crippen LogP contribution in [0.5, 0.6) is 0 Å². The highest BCUT2D eigenvalue weighted by Crippen LogP contribution is 2.22. The minimum absolute atomic E-state index is 0.438. The largest absolute Gasteiger partial charge is 0.377 e. The van der Waals surface area contributed by atoms with Crippen LogP contribution in [0.25, 0.3) is 0 Å². The van der Waals surface area contributed by atoms with Crippen LogP contribution in [-0.4, -0.2) is 35.8 Å². The van der Waals surface area contributed by atoms with E-state index in [0.717, 1.165) is 49.9 Å². The third kappa shape index (κ3) is 3.66. The van der Waals surface area contributed by atoms with E-state index >= 15 is 0 Å². The molecule has 4 nitrogen and oxygen atoms in total. The fourth-order valence-corrected chi connectivity index (χ4v) is 2.64. The minimum atomic E-state index is 0.438. The number of nitrogens with zero attached hydrogens (tertiary/aromatic N) is 3. The summed E-state index contributed by atoms with van der Waals surface area (Å²) in [7, 11) is 0. The molecule has 0 radical (unpaired) electrons. The van der Waals surface area contributed by atoms with E-state index in [1.54, 1.807) is 0 Å². The van der Waals surface area contributed by atoms with E-state index < -0.39 is 0 Å². The Kier molecular flexibility index (Phi) is 4.75. The second-order valence-corrected chi connectivity index (χ2v) is 5.67. The lowest BCUT2D eigenvalue weighted by atomic mass is 10.0. The lowest BCUT2D eigenvalue weighted by Gasteiger charge is -2.37. The number of hydrogen-bond acceptors (Lipinski definition) is 4. The maximum absolute atomic E-state index is 5.64. The normalized spacial score (nSPS) is 20.1. The maximum atomic E-state index is 5.64. The first-order valence-corrected chi connectivity index (χ1v) is 7.29. The van der Waals surface area contributed by atoms with Crippen LogP contribution < -0.4 is 4.90 Å². The Hall–Kier alpha value is -1.16. The smallest absolute Gasteiger partial charge is 0.132 e. The van der Waals surface area contributed by atoms with E-state index in [2.05, 4.69) is 41.7 Å². The lowest BCUT2D eigenvalue weighted by Crippen LogP contribution is -2.46. The van der Waals surface area contributed by atoms with Gasteiger partial charge in [-0.3, -0.25) is 0 Å². The van der Waals surface area contributed by atoms with E-state index in [1.807, 2.05) is 6.92 Å². The Morgan fingerprint density at radius 3 is 2.89 bits per heavy atom. The Morgan fingerprint density at radius 1 is 1.42 bits per heavy atom. The third-order valence-electron chi connectivity index (χ3n) is 3.50. The van der Waals surface area contributed by atoms with Crippen LogP contribution in [0, 0.1) is 12.8 Å². The zero-order valence-electron chi connectivity index (χ0n) is 12.5. The molecule has 2 heterocycles.